The van der Waals surface area contributed by atoms with Gasteiger partial charge >= 0.3 is 5.97 Å². The Balaban J connectivity index is 1.58. The van der Waals surface area contributed by atoms with Gasteiger partial charge in [-0.05, 0) is 30.0 Å². The number of anilines is 1. The van der Waals surface area contributed by atoms with Gasteiger partial charge in [0.25, 0.3) is 0 Å². The predicted molar refractivity (Wildman–Crippen MR) is 93.8 cm³/mol. The Labute approximate surface area is 152 Å². The Kier molecular flexibility index (Phi) is 5.08. The SMILES string of the molecule is COC(=O)Cc1csc(NC(=O)C2CC2c2ccc(Cl)c(Cl)c2)n1. The van der Waals surface area contributed by atoms with Gasteiger partial charge < -0.3 is 10.1 Å². The van der Waals surface area contributed by atoms with Crippen LogP contribution in [0.5, 0.6) is 0 Å². The largest absolute Gasteiger partial charge is 0.469 e. The molecule has 0 radical (unpaired) electrons. The molecule has 0 bridgehead atoms. The van der Waals surface area contributed by atoms with Gasteiger partial charge in [0.05, 0.1) is 29.3 Å². The maximum atomic E-state index is 12.3. The minimum Gasteiger partial charge on any atom is -0.469 e. The summed E-state index contributed by atoms with van der Waals surface area (Å²) in [5.74, 6) is -0.394. The highest BCUT2D eigenvalue weighted by atomic mass is 35.5. The first kappa shape index (κ1) is 17.2. The zero-order valence-corrected chi connectivity index (χ0v) is 15.0. The van der Waals surface area contributed by atoms with Crippen molar-refractivity contribution >= 4 is 51.5 Å². The number of rotatable bonds is 5. The van der Waals surface area contributed by atoms with E-state index in [-0.39, 0.29) is 30.1 Å². The minimum atomic E-state index is -0.361. The Bertz CT molecular complexity index is 793. The lowest BCUT2D eigenvalue weighted by Crippen LogP contribution is -2.14. The topological polar surface area (TPSA) is 68.3 Å². The second-order valence-electron chi connectivity index (χ2n) is 5.51. The van der Waals surface area contributed by atoms with Gasteiger partial charge in [-0.15, -0.1) is 11.3 Å². The van der Waals surface area contributed by atoms with Crippen molar-refractivity contribution in [2.75, 3.05) is 12.4 Å². The standard InChI is InChI=1S/C16H14Cl2N2O3S/c1-23-14(21)5-9-7-24-16(19-9)20-15(22)11-6-10(11)8-2-3-12(17)13(18)4-8/h2-4,7,10-11H,5-6H2,1H3,(H,19,20,22). The van der Waals surface area contributed by atoms with Crippen LogP contribution in [0, 0.1) is 5.92 Å². The summed E-state index contributed by atoms with van der Waals surface area (Å²) in [5, 5.41) is 6.01. The number of methoxy groups -OCH3 is 1. The van der Waals surface area contributed by atoms with Crippen molar-refractivity contribution in [2.24, 2.45) is 5.92 Å². The first-order valence-electron chi connectivity index (χ1n) is 7.25. The van der Waals surface area contributed by atoms with Crippen LogP contribution in [-0.4, -0.2) is 24.0 Å². The summed E-state index contributed by atoms with van der Waals surface area (Å²) >= 11 is 13.2. The Morgan fingerprint density at radius 2 is 2.17 bits per heavy atom. The molecule has 1 N–H and O–H groups in total. The number of carbonyl (C=O) groups excluding carboxylic acids is 2. The van der Waals surface area contributed by atoms with Gasteiger partial charge in [0.2, 0.25) is 5.91 Å². The summed E-state index contributed by atoms with van der Waals surface area (Å²) in [6.07, 6.45) is 0.863. The van der Waals surface area contributed by atoms with E-state index in [2.05, 4.69) is 15.0 Å². The predicted octanol–water partition coefficient (Wildman–Crippen LogP) is 3.91. The summed E-state index contributed by atoms with van der Waals surface area (Å²) in [7, 11) is 1.33. The smallest absolute Gasteiger partial charge is 0.311 e. The average Bonchev–Trinajstić information content (AvgIpc) is 3.25. The number of hydrogen-bond acceptors (Lipinski definition) is 5. The van der Waals surface area contributed by atoms with E-state index in [9.17, 15) is 9.59 Å². The Morgan fingerprint density at radius 3 is 2.88 bits per heavy atom. The van der Waals surface area contributed by atoms with Crippen LogP contribution < -0.4 is 5.32 Å². The van der Waals surface area contributed by atoms with Crippen LogP contribution >= 0.6 is 34.5 Å². The third kappa shape index (κ3) is 3.88. The number of carbonyl (C=O) groups is 2. The molecule has 1 heterocycles. The number of esters is 1. The number of nitrogens with one attached hydrogen (secondary N) is 1. The Hall–Kier alpha value is -1.63. The summed E-state index contributed by atoms with van der Waals surface area (Å²) in [6.45, 7) is 0. The molecule has 3 rings (SSSR count). The molecule has 0 saturated heterocycles. The molecular formula is C16H14Cl2N2O3S. The van der Waals surface area contributed by atoms with Crippen LogP contribution in [0.25, 0.3) is 0 Å². The van der Waals surface area contributed by atoms with Crippen molar-refractivity contribution in [3.8, 4) is 0 Å². The molecule has 1 aliphatic carbocycles. The third-order valence-corrected chi connectivity index (χ3v) is 5.38. The average molecular weight is 385 g/mol. The summed E-state index contributed by atoms with van der Waals surface area (Å²) < 4.78 is 4.59. The molecular weight excluding hydrogens is 371 g/mol. The van der Waals surface area contributed by atoms with Gasteiger partial charge in [-0.25, -0.2) is 4.98 Å². The summed E-state index contributed by atoms with van der Waals surface area (Å²) in [4.78, 5) is 27.7. The van der Waals surface area contributed by atoms with Crippen LogP contribution in [0.4, 0.5) is 5.13 Å². The lowest BCUT2D eigenvalue weighted by Gasteiger charge is -2.03. The molecule has 5 nitrogen and oxygen atoms in total. The van der Waals surface area contributed by atoms with Crippen LogP contribution in [-0.2, 0) is 20.7 Å². The number of nitrogens with zero attached hydrogens (tertiary/aromatic N) is 1. The highest BCUT2D eigenvalue weighted by molar-refractivity contribution is 7.13. The van der Waals surface area contributed by atoms with E-state index in [0.717, 1.165) is 12.0 Å². The zero-order chi connectivity index (χ0) is 17.3. The van der Waals surface area contributed by atoms with Crippen LogP contribution in [0.3, 0.4) is 0 Å². The normalized spacial score (nSPS) is 19.0. The van der Waals surface area contributed by atoms with Gasteiger partial charge in [0.1, 0.15) is 0 Å². The van der Waals surface area contributed by atoms with E-state index in [1.54, 1.807) is 17.5 Å². The van der Waals surface area contributed by atoms with Gasteiger partial charge in [0, 0.05) is 11.3 Å². The van der Waals surface area contributed by atoms with Crippen molar-refractivity contribution in [3.63, 3.8) is 0 Å². The van der Waals surface area contributed by atoms with E-state index >= 15 is 0 Å². The first-order chi connectivity index (χ1) is 11.5. The molecule has 0 spiro atoms. The fraction of sp³-hybridized carbons (Fsp3) is 0.312. The fourth-order valence-corrected chi connectivity index (χ4v) is 3.48. The summed E-state index contributed by atoms with van der Waals surface area (Å²) in [5.41, 5.74) is 1.59. The van der Waals surface area contributed by atoms with E-state index in [1.807, 2.05) is 6.07 Å². The first-order valence-corrected chi connectivity index (χ1v) is 8.88. The third-order valence-electron chi connectivity index (χ3n) is 3.83. The van der Waals surface area contributed by atoms with E-state index < -0.39 is 0 Å². The number of amides is 1. The van der Waals surface area contributed by atoms with Crippen LogP contribution in [0.1, 0.15) is 23.6 Å². The van der Waals surface area contributed by atoms with Gasteiger partial charge in [-0.1, -0.05) is 29.3 Å². The molecule has 1 fully saturated rings. The molecule has 1 aromatic carbocycles. The van der Waals surface area contributed by atoms with E-state index in [1.165, 1.54) is 18.4 Å². The molecule has 2 atom stereocenters. The second-order valence-corrected chi connectivity index (χ2v) is 7.18. The van der Waals surface area contributed by atoms with Crippen molar-refractivity contribution in [2.45, 2.75) is 18.8 Å². The van der Waals surface area contributed by atoms with Gasteiger partial charge in [0.15, 0.2) is 5.13 Å². The number of thiazole rings is 1. The minimum absolute atomic E-state index is 0.0787. The highest BCUT2D eigenvalue weighted by Crippen LogP contribution is 2.49. The molecule has 2 aromatic rings. The number of hydrogen-bond donors (Lipinski definition) is 1. The quantitative estimate of drug-likeness (QED) is 0.793. The Morgan fingerprint density at radius 1 is 1.38 bits per heavy atom. The second kappa shape index (κ2) is 7.09. The molecule has 2 unspecified atom stereocenters. The molecule has 126 valence electrons. The summed E-state index contributed by atoms with van der Waals surface area (Å²) in [6, 6.07) is 5.44. The number of ether oxygens (including phenoxy) is 1. The maximum Gasteiger partial charge on any atom is 0.311 e. The van der Waals surface area contributed by atoms with Crippen LogP contribution in [0.15, 0.2) is 23.6 Å². The van der Waals surface area contributed by atoms with E-state index in [4.69, 9.17) is 23.2 Å². The number of halogens is 2. The molecule has 24 heavy (non-hydrogen) atoms. The van der Waals surface area contributed by atoms with Gasteiger partial charge in [-0.2, -0.15) is 0 Å². The monoisotopic (exact) mass is 384 g/mol. The van der Waals surface area contributed by atoms with Crippen molar-refractivity contribution in [1.82, 2.24) is 4.98 Å². The lowest BCUT2D eigenvalue weighted by atomic mass is 10.1. The molecule has 0 aliphatic heterocycles. The van der Waals surface area contributed by atoms with E-state index in [0.29, 0.717) is 20.9 Å². The zero-order valence-electron chi connectivity index (χ0n) is 12.7. The molecule has 8 heteroatoms. The lowest BCUT2D eigenvalue weighted by molar-refractivity contribution is -0.139. The van der Waals surface area contributed by atoms with Gasteiger partial charge in [-0.3, -0.25) is 9.59 Å². The maximum absolute atomic E-state index is 12.3. The van der Waals surface area contributed by atoms with Crippen LogP contribution in [0.2, 0.25) is 10.0 Å². The highest BCUT2D eigenvalue weighted by Gasteiger charge is 2.44. The number of aromatic nitrogens is 1. The van der Waals surface area contributed by atoms with Crippen molar-refractivity contribution in [3.05, 3.63) is 44.9 Å². The fourth-order valence-electron chi connectivity index (χ4n) is 2.46. The van der Waals surface area contributed by atoms with Crippen molar-refractivity contribution < 1.29 is 14.3 Å². The molecule has 1 aliphatic rings. The van der Waals surface area contributed by atoms with Crippen molar-refractivity contribution in [1.29, 1.82) is 0 Å². The molecule has 1 saturated carbocycles. The molecule has 1 aromatic heterocycles. The number of benzene rings is 1. The molecule has 1 amide bonds.